The van der Waals surface area contributed by atoms with Crippen LogP contribution in [0.2, 0.25) is 0 Å². The lowest BCUT2D eigenvalue weighted by Crippen LogP contribution is -2.73. The molecular weight excluding hydrogens is 579 g/mol. The quantitative estimate of drug-likeness (QED) is 0.229. The summed E-state index contributed by atoms with van der Waals surface area (Å²) in [5, 5.41) is 3.95. The molecule has 0 N–H and O–H groups in total. The van der Waals surface area contributed by atoms with Crippen LogP contribution in [0.15, 0.2) is 164 Å². The zero-order valence-corrected chi connectivity index (χ0v) is 25.8. The van der Waals surface area contributed by atoms with Crippen LogP contribution in [0.3, 0.4) is 0 Å². The van der Waals surface area contributed by atoms with Gasteiger partial charge < -0.3 is 0 Å². The van der Waals surface area contributed by atoms with Crippen molar-refractivity contribution in [2.24, 2.45) is 0 Å². The van der Waals surface area contributed by atoms with E-state index in [0.717, 1.165) is 50.4 Å². The Bertz CT molecular complexity index is 2260. The maximum absolute atomic E-state index is 5.47. The number of aromatic nitrogens is 5. The van der Waals surface area contributed by atoms with Gasteiger partial charge in [0.25, 0.3) is 0 Å². The highest BCUT2D eigenvalue weighted by molar-refractivity contribution is 7.20. The molecule has 8 aromatic rings. The lowest BCUT2D eigenvalue weighted by molar-refractivity contribution is 1.17. The summed E-state index contributed by atoms with van der Waals surface area (Å²) in [6.07, 6.45) is 3.63. The first kappa shape index (κ1) is 26.4. The summed E-state index contributed by atoms with van der Waals surface area (Å²) in [6.45, 7) is 0. The topological polar surface area (TPSA) is 56.5 Å². The van der Waals surface area contributed by atoms with E-state index in [4.69, 9.17) is 9.97 Å². The Morgan fingerprint density at radius 1 is 0.478 bits per heavy atom. The molecule has 46 heavy (non-hydrogen) atoms. The van der Waals surface area contributed by atoms with Gasteiger partial charge in [-0.2, -0.15) is 0 Å². The first-order valence-corrected chi connectivity index (χ1v) is 17.4. The second-order valence-corrected chi connectivity index (χ2v) is 15.1. The van der Waals surface area contributed by atoms with Crippen molar-refractivity contribution in [1.82, 2.24) is 24.5 Å². The van der Waals surface area contributed by atoms with Crippen molar-refractivity contribution in [1.29, 1.82) is 0 Å². The molecule has 0 spiro atoms. The molecule has 0 radical (unpaired) electrons. The molecular formula is C40H27N5Si. The number of fused-ring (bicyclic) bond motifs is 5. The van der Waals surface area contributed by atoms with Gasteiger partial charge in [0, 0.05) is 18.0 Å². The van der Waals surface area contributed by atoms with Gasteiger partial charge in [0.15, 0.2) is 0 Å². The zero-order valence-electron chi connectivity index (χ0n) is 24.8. The molecule has 0 atom stereocenters. The van der Waals surface area contributed by atoms with Gasteiger partial charge in [0.1, 0.15) is 5.45 Å². The highest BCUT2D eigenvalue weighted by Gasteiger charge is 2.52. The minimum Gasteiger partial charge on any atom is -0.299 e. The SMILES string of the molecule is c1ccc([Si]2(c3ccccc3)c3cccc(-c4cc(-c5ccccn5)nc(-c5ccccn5)c4)c3-n3c2nc2ccccc23)cc1. The smallest absolute Gasteiger partial charge is 0.226 e. The third-order valence-electron chi connectivity index (χ3n) is 8.96. The molecule has 0 fully saturated rings. The van der Waals surface area contributed by atoms with Crippen LogP contribution in [-0.4, -0.2) is 32.6 Å². The van der Waals surface area contributed by atoms with Gasteiger partial charge in [0.05, 0.1) is 39.5 Å². The maximum Gasteiger partial charge on any atom is 0.226 e. The molecule has 5 heterocycles. The molecule has 6 heteroatoms. The van der Waals surface area contributed by atoms with E-state index >= 15 is 0 Å². The first-order valence-electron chi connectivity index (χ1n) is 15.4. The van der Waals surface area contributed by atoms with E-state index in [1.165, 1.54) is 21.2 Å². The largest absolute Gasteiger partial charge is 0.299 e. The second-order valence-electron chi connectivity index (χ2n) is 11.5. The number of hydrogen-bond donors (Lipinski definition) is 0. The summed E-state index contributed by atoms with van der Waals surface area (Å²) in [6, 6.07) is 53.4. The fraction of sp³-hybridized carbons (Fsp3) is 0. The van der Waals surface area contributed by atoms with Gasteiger partial charge in [-0.05, 0) is 69.7 Å². The van der Waals surface area contributed by atoms with Crippen molar-refractivity contribution < 1.29 is 0 Å². The molecule has 5 nitrogen and oxygen atoms in total. The Morgan fingerprint density at radius 3 is 1.67 bits per heavy atom. The van der Waals surface area contributed by atoms with Crippen molar-refractivity contribution in [2.45, 2.75) is 0 Å². The van der Waals surface area contributed by atoms with Gasteiger partial charge in [-0.25, -0.2) is 9.97 Å². The van der Waals surface area contributed by atoms with Gasteiger partial charge in [-0.1, -0.05) is 103 Å². The molecule has 1 aliphatic heterocycles. The van der Waals surface area contributed by atoms with E-state index in [1.807, 2.05) is 48.8 Å². The Morgan fingerprint density at radius 2 is 1.07 bits per heavy atom. The van der Waals surface area contributed by atoms with Crippen LogP contribution < -0.4 is 21.0 Å². The highest BCUT2D eigenvalue weighted by Crippen LogP contribution is 2.36. The van der Waals surface area contributed by atoms with Crippen molar-refractivity contribution in [3.05, 3.63) is 164 Å². The number of para-hydroxylation sites is 3. The summed E-state index contributed by atoms with van der Waals surface area (Å²) in [5.41, 5.74) is 9.84. The number of hydrogen-bond acceptors (Lipinski definition) is 4. The lowest BCUT2D eigenvalue weighted by Gasteiger charge is -2.28. The molecule has 0 bridgehead atoms. The van der Waals surface area contributed by atoms with Crippen LogP contribution in [0.1, 0.15) is 0 Å². The molecule has 4 aromatic carbocycles. The Hall–Kier alpha value is -5.98. The van der Waals surface area contributed by atoms with E-state index in [-0.39, 0.29) is 0 Å². The minimum absolute atomic E-state index is 0.805. The van der Waals surface area contributed by atoms with Gasteiger partial charge in [-0.15, -0.1) is 0 Å². The third-order valence-corrected chi connectivity index (χ3v) is 13.6. The van der Waals surface area contributed by atoms with Gasteiger partial charge in [-0.3, -0.25) is 14.5 Å². The van der Waals surface area contributed by atoms with Crippen LogP contribution in [-0.2, 0) is 0 Å². The van der Waals surface area contributed by atoms with E-state index < -0.39 is 8.07 Å². The second kappa shape index (κ2) is 10.6. The summed E-state index contributed by atoms with van der Waals surface area (Å²) < 4.78 is 2.44. The Labute approximate surface area is 267 Å². The van der Waals surface area contributed by atoms with Crippen LogP contribution >= 0.6 is 0 Å². The van der Waals surface area contributed by atoms with Crippen molar-refractivity contribution in [3.8, 4) is 39.6 Å². The van der Waals surface area contributed by atoms with E-state index in [0.29, 0.717) is 0 Å². The number of nitrogens with zero attached hydrogens (tertiary/aromatic N) is 5. The Balaban J connectivity index is 1.41. The molecule has 216 valence electrons. The average Bonchev–Trinajstić information content (AvgIpc) is 3.66. The molecule has 0 unspecified atom stereocenters. The van der Waals surface area contributed by atoms with Gasteiger partial charge >= 0.3 is 0 Å². The van der Waals surface area contributed by atoms with Gasteiger partial charge in [0.2, 0.25) is 8.07 Å². The predicted molar refractivity (Wildman–Crippen MR) is 188 cm³/mol. The zero-order chi connectivity index (χ0) is 30.5. The normalized spacial score (nSPS) is 13.0. The molecule has 0 aliphatic carbocycles. The molecule has 9 rings (SSSR count). The number of rotatable bonds is 5. The summed E-state index contributed by atoms with van der Waals surface area (Å²) in [5.74, 6) is 0. The highest BCUT2D eigenvalue weighted by atomic mass is 28.3. The van der Waals surface area contributed by atoms with Crippen LogP contribution in [0.25, 0.3) is 50.6 Å². The van der Waals surface area contributed by atoms with E-state index in [9.17, 15) is 0 Å². The fourth-order valence-electron chi connectivity index (χ4n) is 7.03. The third kappa shape index (κ3) is 3.94. The van der Waals surface area contributed by atoms with E-state index in [1.54, 1.807) is 0 Å². The van der Waals surface area contributed by atoms with Crippen molar-refractivity contribution >= 4 is 40.1 Å². The van der Waals surface area contributed by atoms with Crippen LogP contribution in [0.4, 0.5) is 0 Å². The maximum atomic E-state index is 5.47. The number of benzene rings is 4. The standard InChI is InChI=1S/C40H27N5Si/c1-3-14-29(15-4-1)46(30-16-5-2-6-17-30)38-23-13-18-31(39(38)45-37-22-8-7-21-34(37)44-40(45)46)28-26-35(32-19-9-11-24-41-32)43-36(27-28)33-20-10-12-25-42-33/h1-27H. The monoisotopic (exact) mass is 605 g/mol. The molecule has 0 saturated heterocycles. The van der Waals surface area contributed by atoms with E-state index in [2.05, 4.69) is 130 Å². The predicted octanol–water partition coefficient (Wildman–Crippen LogP) is 5.90. The first-order chi connectivity index (χ1) is 22.8. The van der Waals surface area contributed by atoms with Crippen molar-refractivity contribution in [2.75, 3.05) is 0 Å². The molecule has 0 amide bonds. The fourth-order valence-corrected chi connectivity index (χ4v) is 11.9. The molecule has 0 saturated carbocycles. The van der Waals surface area contributed by atoms with Crippen molar-refractivity contribution in [3.63, 3.8) is 0 Å². The summed E-state index contributed by atoms with van der Waals surface area (Å²) in [4.78, 5) is 19.9. The average molecular weight is 606 g/mol. The molecule has 1 aliphatic rings. The number of imidazole rings is 1. The number of pyridine rings is 3. The van der Waals surface area contributed by atoms with Crippen LogP contribution in [0, 0.1) is 0 Å². The van der Waals surface area contributed by atoms with Crippen LogP contribution in [0.5, 0.6) is 0 Å². The summed E-state index contributed by atoms with van der Waals surface area (Å²) in [7, 11) is -2.82. The minimum atomic E-state index is -2.82. The molecule has 4 aromatic heterocycles. The lowest BCUT2D eigenvalue weighted by atomic mass is 10.0. The summed E-state index contributed by atoms with van der Waals surface area (Å²) >= 11 is 0. The Kier molecular flexibility index (Phi) is 6.08.